The zero-order chi connectivity index (χ0) is 14.6. The zero-order valence-corrected chi connectivity index (χ0v) is 10.4. The number of alkyl halides is 3. The van der Waals surface area contributed by atoms with Gasteiger partial charge in [0.2, 0.25) is 0 Å². The quantitative estimate of drug-likeness (QED) is 0.811. The van der Waals surface area contributed by atoms with Gasteiger partial charge in [0.25, 0.3) is 0 Å². The molecule has 19 heavy (non-hydrogen) atoms. The third-order valence-corrected chi connectivity index (χ3v) is 2.79. The lowest BCUT2D eigenvalue weighted by atomic mass is 10.0. The highest BCUT2D eigenvalue weighted by Crippen LogP contribution is 2.29. The van der Waals surface area contributed by atoms with Crippen LogP contribution in [0.15, 0.2) is 24.3 Å². The van der Waals surface area contributed by atoms with Gasteiger partial charge in [0.15, 0.2) is 5.78 Å². The molecule has 3 N–H and O–H groups in total. The summed E-state index contributed by atoms with van der Waals surface area (Å²) in [6, 6.07) is 3.77. The van der Waals surface area contributed by atoms with Crippen LogP contribution in [0.4, 0.5) is 13.2 Å². The Labute approximate surface area is 109 Å². The summed E-state index contributed by atoms with van der Waals surface area (Å²) in [7, 11) is 0. The highest BCUT2D eigenvalue weighted by Gasteiger charge is 2.30. The Bertz CT molecular complexity index is 444. The number of aliphatic hydroxyl groups is 1. The van der Waals surface area contributed by atoms with Gasteiger partial charge in [-0.25, -0.2) is 0 Å². The molecule has 0 spiro atoms. The van der Waals surface area contributed by atoms with Crippen molar-refractivity contribution in [3.63, 3.8) is 0 Å². The van der Waals surface area contributed by atoms with Crippen molar-refractivity contribution < 1.29 is 23.1 Å². The van der Waals surface area contributed by atoms with Crippen LogP contribution in [0.1, 0.15) is 35.7 Å². The van der Waals surface area contributed by atoms with Gasteiger partial charge < -0.3 is 10.8 Å². The molecule has 0 bridgehead atoms. The molecule has 0 saturated heterocycles. The van der Waals surface area contributed by atoms with Crippen molar-refractivity contribution >= 4 is 5.78 Å². The third kappa shape index (κ3) is 4.65. The molecule has 0 radical (unpaired) electrons. The molecule has 0 aliphatic rings. The number of carbonyl (C=O) groups is 1. The second-order valence-electron chi connectivity index (χ2n) is 4.47. The number of halogens is 3. The van der Waals surface area contributed by atoms with Crippen molar-refractivity contribution in [2.24, 2.45) is 5.73 Å². The Balaban J connectivity index is 2.73. The van der Waals surface area contributed by atoms with E-state index in [1.807, 2.05) is 0 Å². The van der Waals surface area contributed by atoms with Gasteiger partial charge in [-0.1, -0.05) is 12.1 Å². The Morgan fingerprint density at radius 2 is 2.05 bits per heavy atom. The fourth-order valence-electron chi connectivity index (χ4n) is 1.56. The van der Waals surface area contributed by atoms with Crippen LogP contribution in [0.2, 0.25) is 0 Å². The van der Waals surface area contributed by atoms with E-state index in [1.54, 1.807) is 6.92 Å². The average Bonchev–Trinajstić information content (AvgIpc) is 2.34. The van der Waals surface area contributed by atoms with E-state index in [0.717, 1.165) is 12.1 Å². The lowest BCUT2D eigenvalue weighted by Crippen LogP contribution is -2.31. The fraction of sp³-hybridized carbons (Fsp3) is 0.462. The summed E-state index contributed by atoms with van der Waals surface area (Å²) in [5.41, 5.74) is 4.57. The Morgan fingerprint density at radius 1 is 1.42 bits per heavy atom. The fourth-order valence-corrected chi connectivity index (χ4v) is 1.56. The first kappa shape index (κ1) is 15.7. The molecule has 0 saturated carbocycles. The summed E-state index contributed by atoms with van der Waals surface area (Å²) < 4.78 is 37.5. The van der Waals surface area contributed by atoms with Gasteiger partial charge in [0, 0.05) is 18.0 Å². The van der Waals surface area contributed by atoms with Gasteiger partial charge in [-0.3, -0.25) is 4.79 Å². The number of Topliss-reactive ketones (excluding diaryl/α,β-unsaturated/α-hetero) is 1. The van der Waals surface area contributed by atoms with Gasteiger partial charge in [0.1, 0.15) is 0 Å². The van der Waals surface area contributed by atoms with E-state index in [1.165, 1.54) is 12.1 Å². The first-order chi connectivity index (χ1) is 8.71. The molecule has 0 aromatic heterocycles. The summed E-state index contributed by atoms with van der Waals surface area (Å²) >= 11 is 0. The topological polar surface area (TPSA) is 63.3 Å². The number of hydrogen-bond donors (Lipinski definition) is 2. The second kappa shape index (κ2) is 6.16. The molecule has 6 heteroatoms. The number of rotatable bonds is 5. The molecule has 106 valence electrons. The van der Waals surface area contributed by atoms with E-state index in [-0.39, 0.29) is 18.4 Å². The van der Waals surface area contributed by atoms with Crippen molar-refractivity contribution in [2.45, 2.75) is 38.1 Å². The van der Waals surface area contributed by atoms with Gasteiger partial charge in [0.05, 0.1) is 11.7 Å². The van der Waals surface area contributed by atoms with Crippen LogP contribution < -0.4 is 5.73 Å². The lowest BCUT2D eigenvalue weighted by molar-refractivity contribution is -0.137. The minimum absolute atomic E-state index is 0.00769. The maximum atomic E-state index is 12.5. The van der Waals surface area contributed by atoms with Crippen LogP contribution >= 0.6 is 0 Å². The molecule has 0 amide bonds. The average molecular weight is 275 g/mol. The molecule has 2 unspecified atom stereocenters. The van der Waals surface area contributed by atoms with Gasteiger partial charge in [-0.15, -0.1) is 0 Å². The molecule has 1 aromatic rings. The molecule has 0 aliphatic carbocycles. The molecule has 2 atom stereocenters. The maximum Gasteiger partial charge on any atom is 0.416 e. The molecule has 0 fully saturated rings. The predicted molar refractivity (Wildman–Crippen MR) is 64.7 cm³/mol. The molecule has 3 nitrogen and oxygen atoms in total. The Morgan fingerprint density at radius 3 is 2.58 bits per heavy atom. The number of carbonyl (C=O) groups excluding carboxylic acids is 1. The van der Waals surface area contributed by atoms with Crippen LogP contribution in [-0.2, 0) is 6.18 Å². The molecule has 0 aliphatic heterocycles. The minimum Gasteiger partial charge on any atom is -0.392 e. The van der Waals surface area contributed by atoms with Gasteiger partial charge in [-0.05, 0) is 25.5 Å². The van der Waals surface area contributed by atoms with E-state index in [4.69, 9.17) is 5.73 Å². The van der Waals surface area contributed by atoms with Crippen LogP contribution in [0.25, 0.3) is 0 Å². The van der Waals surface area contributed by atoms with E-state index < -0.39 is 29.7 Å². The van der Waals surface area contributed by atoms with Crippen molar-refractivity contribution in [1.82, 2.24) is 0 Å². The van der Waals surface area contributed by atoms with Crippen LogP contribution in [0, 0.1) is 0 Å². The van der Waals surface area contributed by atoms with Crippen LogP contribution in [0.5, 0.6) is 0 Å². The summed E-state index contributed by atoms with van der Waals surface area (Å²) in [6.45, 7) is 1.60. The van der Waals surface area contributed by atoms with Crippen molar-refractivity contribution in [3.05, 3.63) is 35.4 Å². The van der Waals surface area contributed by atoms with E-state index >= 15 is 0 Å². The normalized spacial score (nSPS) is 15.1. The summed E-state index contributed by atoms with van der Waals surface area (Å²) in [5.74, 6) is -0.439. The largest absolute Gasteiger partial charge is 0.416 e. The van der Waals surface area contributed by atoms with Crippen LogP contribution in [0.3, 0.4) is 0 Å². The van der Waals surface area contributed by atoms with Crippen molar-refractivity contribution in [1.29, 1.82) is 0 Å². The van der Waals surface area contributed by atoms with Gasteiger partial charge >= 0.3 is 6.18 Å². The molecule has 1 aromatic carbocycles. The summed E-state index contributed by atoms with van der Waals surface area (Å²) in [5, 5.41) is 9.45. The Hall–Kier alpha value is -1.40. The molecular weight excluding hydrogens is 259 g/mol. The summed E-state index contributed by atoms with van der Waals surface area (Å²) in [4.78, 5) is 11.7. The van der Waals surface area contributed by atoms with E-state index in [0.29, 0.717) is 0 Å². The molecular formula is C13H16F3NO2. The minimum atomic E-state index is -4.47. The first-order valence-corrected chi connectivity index (χ1v) is 5.86. The van der Waals surface area contributed by atoms with E-state index in [2.05, 4.69) is 0 Å². The van der Waals surface area contributed by atoms with Crippen LogP contribution in [-0.4, -0.2) is 23.0 Å². The SMILES string of the molecule is CC(N)C(O)CCC(=O)c1cccc(C(F)(F)F)c1. The Kier molecular flexibility index (Phi) is 5.08. The summed E-state index contributed by atoms with van der Waals surface area (Å²) in [6.07, 6.45) is -5.21. The van der Waals surface area contributed by atoms with E-state index in [9.17, 15) is 23.1 Å². The smallest absolute Gasteiger partial charge is 0.392 e. The third-order valence-electron chi connectivity index (χ3n) is 2.79. The number of hydrogen-bond acceptors (Lipinski definition) is 3. The predicted octanol–water partition coefficient (Wildman–Crippen LogP) is 2.38. The monoisotopic (exact) mass is 275 g/mol. The zero-order valence-electron chi connectivity index (χ0n) is 10.4. The molecule has 1 rings (SSSR count). The number of benzene rings is 1. The number of nitrogens with two attached hydrogens (primary N) is 1. The highest BCUT2D eigenvalue weighted by molar-refractivity contribution is 5.96. The second-order valence-corrected chi connectivity index (χ2v) is 4.47. The van der Waals surface area contributed by atoms with Crippen molar-refractivity contribution in [2.75, 3.05) is 0 Å². The maximum absolute atomic E-state index is 12.5. The standard InChI is InChI=1S/C13H16F3NO2/c1-8(17)11(18)5-6-12(19)9-3-2-4-10(7-9)13(14,15)16/h2-4,7-8,11,18H,5-6,17H2,1H3. The molecule has 0 heterocycles. The number of aliphatic hydroxyl groups excluding tert-OH is 1. The lowest BCUT2D eigenvalue weighted by Gasteiger charge is -2.13. The number of ketones is 1. The van der Waals surface area contributed by atoms with Crippen molar-refractivity contribution in [3.8, 4) is 0 Å². The first-order valence-electron chi connectivity index (χ1n) is 5.86. The van der Waals surface area contributed by atoms with Gasteiger partial charge in [-0.2, -0.15) is 13.2 Å². The highest BCUT2D eigenvalue weighted by atomic mass is 19.4.